The standard InChI is InChI=1S/C24H25ClN2O4S/c1-4-23(31-20-7-5-6-16(2)14-20)24(28)26-18-10-12-21(13-11-18)32(29,30)27-19-9-8-17(3)22(25)15-19/h5-15,23,27H,4H2,1-3H3,(H,26,28)/t23-/m1/s1. The summed E-state index contributed by atoms with van der Waals surface area (Å²) in [5, 5.41) is 3.25. The molecule has 8 heteroatoms. The highest BCUT2D eigenvalue weighted by Crippen LogP contribution is 2.23. The summed E-state index contributed by atoms with van der Waals surface area (Å²) in [5.41, 5.74) is 2.73. The van der Waals surface area contributed by atoms with Gasteiger partial charge in [0.2, 0.25) is 0 Å². The molecule has 0 spiro atoms. The number of carbonyl (C=O) groups excluding carboxylic acids is 1. The number of amides is 1. The Morgan fingerprint density at radius 3 is 2.31 bits per heavy atom. The van der Waals surface area contributed by atoms with Crippen molar-refractivity contribution in [2.75, 3.05) is 10.0 Å². The molecule has 0 aliphatic rings. The number of sulfonamides is 1. The van der Waals surface area contributed by atoms with Crippen molar-refractivity contribution in [3.63, 3.8) is 0 Å². The van der Waals surface area contributed by atoms with Gasteiger partial charge in [0, 0.05) is 10.7 Å². The molecule has 0 bridgehead atoms. The van der Waals surface area contributed by atoms with Crippen molar-refractivity contribution in [1.29, 1.82) is 0 Å². The fourth-order valence-electron chi connectivity index (χ4n) is 2.99. The average Bonchev–Trinajstić information content (AvgIpc) is 2.75. The van der Waals surface area contributed by atoms with Gasteiger partial charge in [-0.15, -0.1) is 0 Å². The van der Waals surface area contributed by atoms with E-state index in [1.54, 1.807) is 24.3 Å². The number of carbonyl (C=O) groups is 1. The van der Waals surface area contributed by atoms with E-state index >= 15 is 0 Å². The van der Waals surface area contributed by atoms with E-state index in [4.69, 9.17) is 16.3 Å². The lowest BCUT2D eigenvalue weighted by atomic mass is 10.2. The Morgan fingerprint density at radius 1 is 1.00 bits per heavy atom. The zero-order valence-corrected chi connectivity index (χ0v) is 19.6. The number of ether oxygens (including phenoxy) is 1. The summed E-state index contributed by atoms with van der Waals surface area (Å²) >= 11 is 6.07. The molecule has 2 N–H and O–H groups in total. The monoisotopic (exact) mass is 472 g/mol. The second-order valence-corrected chi connectivity index (χ2v) is 9.50. The van der Waals surface area contributed by atoms with Gasteiger partial charge in [0.15, 0.2) is 6.10 Å². The molecule has 3 aromatic carbocycles. The maximum absolute atomic E-state index is 12.7. The molecule has 0 heterocycles. The van der Waals surface area contributed by atoms with E-state index in [0.717, 1.165) is 11.1 Å². The van der Waals surface area contributed by atoms with Gasteiger partial charge in [-0.25, -0.2) is 8.42 Å². The zero-order valence-electron chi connectivity index (χ0n) is 18.1. The van der Waals surface area contributed by atoms with Gasteiger partial charge in [-0.3, -0.25) is 9.52 Å². The Hall–Kier alpha value is -3.03. The lowest BCUT2D eigenvalue weighted by Crippen LogP contribution is -2.32. The highest BCUT2D eigenvalue weighted by Gasteiger charge is 2.20. The molecule has 1 atom stereocenters. The van der Waals surface area contributed by atoms with Crippen molar-refractivity contribution in [3.05, 3.63) is 82.9 Å². The molecule has 168 valence electrons. The largest absolute Gasteiger partial charge is 0.481 e. The molecule has 0 aliphatic heterocycles. The summed E-state index contributed by atoms with van der Waals surface area (Å²) in [5.74, 6) is 0.313. The summed E-state index contributed by atoms with van der Waals surface area (Å²) in [4.78, 5) is 12.7. The van der Waals surface area contributed by atoms with Crippen LogP contribution in [-0.4, -0.2) is 20.4 Å². The maximum Gasteiger partial charge on any atom is 0.265 e. The van der Waals surface area contributed by atoms with Gasteiger partial charge in [0.05, 0.1) is 10.6 Å². The molecule has 0 aliphatic carbocycles. The molecular weight excluding hydrogens is 448 g/mol. The second-order valence-electron chi connectivity index (χ2n) is 7.41. The minimum Gasteiger partial charge on any atom is -0.481 e. The lowest BCUT2D eigenvalue weighted by Gasteiger charge is -2.18. The maximum atomic E-state index is 12.7. The van der Waals surface area contributed by atoms with Crippen molar-refractivity contribution in [2.45, 2.75) is 38.2 Å². The minimum atomic E-state index is -3.80. The topological polar surface area (TPSA) is 84.5 Å². The number of anilines is 2. The van der Waals surface area contributed by atoms with Crippen LogP contribution in [-0.2, 0) is 14.8 Å². The molecule has 0 unspecified atom stereocenters. The molecule has 0 radical (unpaired) electrons. The van der Waals surface area contributed by atoms with Crippen LogP contribution in [0.3, 0.4) is 0 Å². The molecule has 0 fully saturated rings. The highest BCUT2D eigenvalue weighted by atomic mass is 35.5. The summed E-state index contributed by atoms with van der Waals surface area (Å²) in [6, 6.07) is 18.4. The first-order valence-corrected chi connectivity index (χ1v) is 12.0. The summed E-state index contributed by atoms with van der Waals surface area (Å²) in [7, 11) is -3.80. The molecule has 0 saturated heterocycles. The first-order chi connectivity index (χ1) is 15.2. The van der Waals surface area contributed by atoms with Gasteiger partial charge in [-0.1, -0.05) is 36.7 Å². The number of rotatable bonds is 8. The Morgan fingerprint density at radius 2 is 1.69 bits per heavy atom. The van der Waals surface area contributed by atoms with Crippen molar-refractivity contribution >= 4 is 38.9 Å². The van der Waals surface area contributed by atoms with E-state index < -0.39 is 16.1 Å². The molecular formula is C24H25ClN2O4S. The molecule has 6 nitrogen and oxygen atoms in total. The predicted molar refractivity (Wildman–Crippen MR) is 128 cm³/mol. The molecule has 0 saturated carbocycles. The van der Waals surface area contributed by atoms with E-state index in [2.05, 4.69) is 10.0 Å². The van der Waals surface area contributed by atoms with Crippen LogP contribution in [0.25, 0.3) is 0 Å². The smallest absolute Gasteiger partial charge is 0.265 e. The van der Waals surface area contributed by atoms with Crippen molar-refractivity contribution in [3.8, 4) is 5.75 Å². The SMILES string of the molecule is CC[C@@H](Oc1cccc(C)c1)C(=O)Nc1ccc(S(=O)(=O)Nc2ccc(C)c(Cl)c2)cc1. The van der Waals surface area contributed by atoms with E-state index in [1.165, 1.54) is 24.3 Å². The number of benzene rings is 3. The summed E-state index contributed by atoms with van der Waals surface area (Å²) < 4.78 is 33.6. The van der Waals surface area contributed by atoms with E-state index in [-0.39, 0.29) is 10.8 Å². The lowest BCUT2D eigenvalue weighted by molar-refractivity contribution is -0.122. The molecule has 3 aromatic rings. The molecule has 32 heavy (non-hydrogen) atoms. The number of hydrogen-bond acceptors (Lipinski definition) is 4. The third kappa shape index (κ3) is 6.02. The normalized spacial score (nSPS) is 12.1. The van der Waals surface area contributed by atoms with Gasteiger partial charge < -0.3 is 10.1 Å². The number of nitrogens with one attached hydrogen (secondary N) is 2. The summed E-state index contributed by atoms with van der Waals surface area (Å²) in [6.07, 6.45) is -0.192. The Kier molecular flexibility index (Phi) is 7.43. The summed E-state index contributed by atoms with van der Waals surface area (Å²) in [6.45, 7) is 5.65. The van der Waals surface area contributed by atoms with Gasteiger partial charge in [0.1, 0.15) is 5.75 Å². The van der Waals surface area contributed by atoms with Crippen LogP contribution in [0.5, 0.6) is 5.75 Å². The van der Waals surface area contributed by atoms with Gasteiger partial charge in [-0.05, 0) is 79.9 Å². The van der Waals surface area contributed by atoms with Crippen LogP contribution in [0, 0.1) is 13.8 Å². The number of hydrogen-bond donors (Lipinski definition) is 2. The third-order valence-corrected chi connectivity index (χ3v) is 6.59. The fraction of sp³-hybridized carbons (Fsp3) is 0.208. The van der Waals surface area contributed by atoms with Crippen molar-refractivity contribution in [1.82, 2.24) is 0 Å². The number of halogens is 1. The van der Waals surface area contributed by atoms with Crippen LogP contribution >= 0.6 is 11.6 Å². The van der Waals surface area contributed by atoms with E-state index in [9.17, 15) is 13.2 Å². The zero-order chi connectivity index (χ0) is 23.3. The van der Waals surface area contributed by atoms with Crippen LogP contribution in [0.1, 0.15) is 24.5 Å². The minimum absolute atomic E-state index is 0.0650. The average molecular weight is 473 g/mol. The molecule has 1 amide bonds. The molecule has 0 aromatic heterocycles. The molecule has 3 rings (SSSR count). The second kappa shape index (κ2) is 10.1. The Labute approximate surface area is 193 Å². The van der Waals surface area contributed by atoms with Gasteiger partial charge in [0.25, 0.3) is 15.9 Å². The van der Waals surface area contributed by atoms with Gasteiger partial charge >= 0.3 is 0 Å². The first-order valence-electron chi connectivity index (χ1n) is 10.1. The van der Waals surface area contributed by atoms with E-state index in [1.807, 2.05) is 39.0 Å². The van der Waals surface area contributed by atoms with Crippen LogP contribution in [0.2, 0.25) is 5.02 Å². The predicted octanol–water partition coefficient (Wildman–Crippen LogP) is 5.55. The van der Waals surface area contributed by atoms with E-state index in [0.29, 0.717) is 28.6 Å². The Bertz CT molecular complexity index is 1210. The van der Waals surface area contributed by atoms with Crippen LogP contribution in [0.4, 0.5) is 11.4 Å². The highest BCUT2D eigenvalue weighted by molar-refractivity contribution is 7.92. The van der Waals surface area contributed by atoms with Gasteiger partial charge in [-0.2, -0.15) is 0 Å². The third-order valence-electron chi connectivity index (χ3n) is 4.79. The quantitative estimate of drug-likeness (QED) is 0.450. The van der Waals surface area contributed by atoms with Crippen LogP contribution in [0.15, 0.2) is 71.6 Å². The van der Waals surface area contributed by atoms with Crippen LogP contribution < -0.4 is 14.8 Å². The fourth-order valence-corrected chi connectivity index (χ4v) is 4.22. The Balaban J connectivity index is 1.67. The van der Waals surface area contributed by atoms with Crippen molar-refractivity contribution < 1.29 is 17.9 Å². The van der Waals surface area contributed by atoms with Crippen molar-refractivity contribution in [2.24, 2.45) is 0 Å². The number of aryl methyl sites for hydroxylation is 2. The first kappa shape index (κ1) is 23.6.